The molecule has 0 unspecified atom stereocenters. The first-order valence-electron chi connectivity index (χ1n) is 1.38. The fourth-order valence-corrected chi connectivity index (χ4v) is 0. The molecule has 0 aromatic rings. The average Bonchev–Trinajstić information content (AvgIpc) is 0.722. The highest BCUT2D eigenvalue weighted by molar-refractivity contribution is 6.64. The maximum atomic E-state index is 5.30. The van der Waals surface area contributed by atoms with Crippen LogP contribution in [0.25, 0.3) is 0 Å². The van der Waals surface area contributed by atoms with Crippen molar-refractivity contribution in [3.05, 3.63) is 0 Å². The van der Waals surface area contributed by atoms with Crippen LogP contribution in [0.5, 0.6) is 0 Å². The minimum atomic E-state index is -0.556. The van der Waals surface area contributed by atoms with Crippen LogP contribution >= 0.6 is 23.2 Å². The van der Waals surface area contributed by atoms with E-state index in [-0.39, 0.29) is 0 Å². The van der Waals surface area contributed by atoms with Gasteiger partial charge in [0, 0.05) is 0 Å². The average molecular weight is 111 g/mol. The lowest BCUT2D eigenvalue weighted by molar-refractivity contribution is 1.27. The second-order valence-electron chi connectivity index (χ2n) is 1.33. The van der Waals surface area contributed by atoms with Gasteiger partial charge in [0.25, 0.3) is 0 Å². The van der Waals surface area contributed by atoms with E-state index in [1.807, 2.05) is 0 Å². The molecular weight excluding hydrogens is 106 g/mol. The van der Waals surface area contributed by atoms with Gasteiger partial charge in [-0.15, -0.1) is 23.2 Å². The molecule has 0 aromatic heterocycles. The lowest BCUT2D eigenvalue weighted by atomic mass is 10.1. The molecule has 0 aliphatic heterocycles. The predicted molar refractivity (Wildman–Crippen MR) is 28.7 cm³/mol. The monoisotopic (exact) mass is 110 g/mol. The molecule has 0 rings (SSSR count). The summed E-state index contributed by atoms with van der Waals surface area (Å²) < 4.78 is -0.556. The first-order valence-corrected chi connectivity index (χ1v) is 2.13. The molecule has 0 saturated heterocycles. The molecule has 30 valence electrons. The molecule has 0 fully saturated rings. The fraction of sp³-hybridized carbons (Fsp3) is 1.00. The molecule has 0 spiro atoms. The van der Waals surface area contributed by atoms with Crippen molar-refractivity contribution in [3.8, 4) is 0 Å². The maximum absolute atomic E-state index is 5.30. The van der Waals surface area contributed by atoms with Gasteiger partial charge < -0.3 is 0 Å². The molecule has 0 radical (unpaired) electrons. The second-order valence-corrected chi connectivity index (χ2v) is 3.41. The van der Waals surface area contributed by atoms with Crippen molar-refractivity contribution in [2.45, 2.75) is 11.2 Å². The van der Waals surface area contributed by atoms with Gasteiger partial charge in [-0.1, -0.05) is 0 Å². The minimum absolute atomic E-state index is 0.556. The summed E-state index contributed by atoms with van der Waals surface area (Å²) in [5.74, 6) is 0. The number of rotatable bonds is 0. The summed E-state index contributed by atoms with van der Waals surface area (Å²) in [5.41, 5.74) is 0. The Labute approximate surface area is 42.9 Å². The third-order valence-electron chi connectivity index (χ3n) is 0. The highest BCUT2D eigenvalue weighted by atomic mass is 35.5. The van der Waals surface area contributed by atoms with Gasteiger partial charge in [0.05, 0.1) is 4.23 Å². The lowest BCUT2D eigenvalue weighted by Gasteiger charge is -1.98. The van der Waals surface area contributed by atoms with Gasteiger partial charge in [-0.25, -0.2) is 0 Å². The molecule has 0 saturated carbocycles. The van der Waals surface area contributed by atoms with Gasteiger partial charge in [-0.2, -0.15) is 0 Å². The quantitative estimate of drug-likeness (QED) is 0.319. The van der Waals surface area contributed by atoms with Crippen molar-refractivity contribution in [2.24, 2.45) is 0 Å². The summed E-state index contributed by atoms with van der Waals surface area (Å²) in [6, 6.07) is 0. The SMILES string of the molecule is BC(C)(Cl)Cl. The number of alkyl halides is 2. The van der Waals surface area contributed by atoms with E-state index >= 15 is 0 Å². The Kier molecular flexibility index (Phi) is 1.58. The van der Waals surface area contributed by atoms with Crippen molar-refractivity contribution in [2.75, 3.05) is 0 Å². The molecule has 5 heavy (non-hydrogen) atoms. The molecule has 0 aromatic carbocycles. The fourth-order valence-electron chi connectivity index (χ4n) is 0. The summed E-state index contributed by atoms with van der Waals surface area (Å²) in [6.07, 6.45) is 0. The van der Waals surface area contributed by atoms with Crippen LogP contribution in [0.2, 0.25) is 0 Å². The third kappa shape index (κ3) is 78.1. The van der Waals surface area contributed by atoms with Crippen LogP contribution in [0, 0.1) is 0 Å². The molecule has 0 bridgehead atoms. The van der Waals surface area contributed by atoms with E-state index in [0.29, 0.717) is 0 Å². The van der Waals surface area contributed by atoms with Crippen LogP contribution in [0.15, 0.2) is 0 Å². The van der Waals surface area contributed by atoms with Crippen molar-refractivity contribution < 1.29 is 0 Å². The van der Waals surface area contributed by atoms with Crippen molar-refractivity contribution in [1.29, 1.82) is 0 Å². The Balaban J connectivity index is 3.02. The Morgan fingerprint density at radius 3 is 1.60 bits per heavy atom. The molecule has 0 aliphatic carbocycles. The smallest absolute Gasteiger partial charge is 0.113 e. The highest BCUT2D eigenvalue weighted by Gasteiger charge is 2.03. The molecule has 0 atom stereocenters. The summed E-state index contributed by atoms with van der Waals surface area (Å²) >= 11 is 10.6. The van der Waals surface area contributed by atoms with Crippen molar-refractivity contribution >= 4 is 31.0 Å². The largest absolute Gasteiger partial charge is 0.148 e. The summed E-state index contributed by atoms with van der Waals surface area (Å²) in [5, 5.41) is 0. The zero-order chi connectivity index (χ0) is 4.50. The number of hydrogen-bond acceptors (Lipinski definition) is 0. The lowest BCUT2D eigenvalue weighted by Crippen LogP contribution is -2.02. The van der Waals surface area contributed by atoms with Gasteiger partial charge >= 0.3 is 0 Å². The summed E-state index contributed by atoms with van der Waals surface area (Å²) in [6.45, 7) is 1.72. The standard InChI is InChI=1S/C2H5BCl2/c1-2(3,4)5/h3H2,1H3. The highest BCUT2D eigenvalue weighted by Crippen LogP contribution is 2.11. The van der Waals surface area contributed by atoms with E-state index in [4.69, 9.17) is 23.2 Å². The van der Waals surface area contributed by atoms with Gasteiger partial charge in [0.1, 0.15) is 7.85 Å². The van der Waals surface area contributed by atoms with Crippen LogP contribution in [-0.4, -0.2) is 12.1 Å². The van der Waals surface area contributed by atoms with Crippen molar-refractivity contribution in [1.82, 2.24) is 0 Å². The van der Waals surface area contributed by atoms with Gasteiger partial charge in [-0.05, 0) is 6.92 Å². The summed E-state index contributed by atoms with van der Waals surface area (Å²) in [4.78, 5) is 0. The topological polar surface area (TPSA) is 0 Å². The zero-order valence-corrected chi connectivity index (χ0v) is 4.77. The minimum Gasteiger partial charge on any atom is -0.113 e. The van der Waals surface area contributed by atoms with Crippen molar-refractivity contribution in [3.63, 3.8) is 0 Å². The van der Waals surface area contributed by atoms with E-state index in [0.717, 1.165) is 0 Å². The first-order chi connectivity index (χ1) is 2.00. The molecule has 0 amide bonds. The molecule has 0 N–H and O–H groups in total. The number of hydrogen-bond donors (Lipinski definition) is 0. The number of halogens is 2. The molecule has 3 heteroatoms. The van der Waals surface area contributed by atoms with Crippen LogP contribution in [0.3, 0.4) is 0 Å². The molecule has 0 heterocycles. The van der Waals surface area contributed by atoms with Gasteiger partial charge in [0.2, 0.25) is 0 Å². The summed E-state index contributed by atoms with van der Waals surface area (Å²) in [7, 11) is 1.72. The molecule has 0 nitrogen and oxygen atoms in total. The second kappa shape index (κ2) is 1.40. The van der Waals surface area contributed by atoms with E-state index in [1.54, 1.807) is 14.8 Å². The third-order valence-corrected chi connectivity index (χ3v) is 0. The van der Waals surface area contributed by atoms with Crippen LogP contribution < -0.4 is 0 Å². The van der Waals surface area contributed by atoms with Crippen LogP contribution in [0.4, 0.5) is 0 Å². The predicted octanol–water partition coefficient (Wildman–Crippen LogP) is 0.771. The maximum Gasteiger partial charge on any atom is 0.148 e. The van der Waals surface area contributed by atoms with E-state index in [1.165, 1.54) is 0 Å². The van der Waals surface area contributed by atoms with Gasteiger partial charge in [0.15, 0.2) is 0 Å². The van der Waals surface area contributed by atoms with Crippen LogP contribution in [0.1, 0.15) is 6.92 Å². The Bertz CT molecular complexity index is 23.1. The Morgan fingerprint density at radius 2 is 1.60 bits per heavy atom. The zero-order valence-electron chi connectivity index (χ0n) is 3.26. The molecule has 0 aliphatic rings. The van der Waals surface area contributed by atoms with Gasteiger partial charge in [-0.3, -0.25) is 0 Å². The first kappa shape index (κ1) is 5.64. The Hall–Kier alpha value is 0.645. The normalized spacial score (nSPS) is 11.8. The van der Waals surface area contributed by atoms with E-state index < -0.39 is 4.23 Å². The van der Waals surface area contributed by atoms with Crippen LogP contribution in [-0.2, 0) is 0 Å². The molecular formula is C2H5BCl2. The van der Waals surface area contributed by atoms with E-state index in [9.17, 15) is 0 Å². The van der Waals surface area contributed by atoms with E-state index in [2.05, 4.69) is 0 Å². The Morgan fingerprint density at radius 1 is 1.60 bits per heavy atom.